The van der Waals surface area contributed by atoms with E-state index >= 15 is 0 Å². The maximum atomic E-state index is 14.2. The van der Waals surface area contributed by atoms with Gasteiger partial charge in [0.05, 0.1) is 29.2 Å². The van der Waals surface area contributed by atoms with Crippen molar-refractivity contribution < 1.29 is 35.7 Å². The number of hydrogen-bond acceptors (Lipinski definition) is 4. The molecule has 0 radical (unpaired) electrons. The van der Waals surface area contributed by atoms with E-state index in [-0.39, 0.29) is 33.8 Å². The third kappa shape index (κ3) is 5.51. The van der Waals surface area contributed by atoms with Crippen molar-refractivity contribution in [2.24, 2.45) is 0 Å². The van der Waals surface area contributed by atoms with Crippen molar-refractivity contribution in [3.05, 3.63) is 58.7 Å². The van der Waals surface area contributed by atoms with Gasteiger partial charge in [-0.25, -0.2) is 13.6 Å². The summed E-state index contributed by atoms with van der Waals surface area (Å²) in [5.74, 6) is -3.79. The highest BCUT2D eigenvalue weighted by atomic mass is 32.2. The van der Waals surface area contributed by atoms with Crippen LogP contribution in [0.4, 0.5) is 27.6 Å². The minimum atomic E-state index is -4.64. The summed E-state index contributed by atoms with van der Waals surface area (Å²) in [7, 11) is -1.29. The van der Waals surface area contributed by atoms with Crippen molar-refractivity contribution in [1.82, 2.24) is 0 Å². The van der Waals surface area contributed by atoms with Gasteiger partial charge in [0, 0.05) is 11.4 Å². The Balaban J connectivity index is 2.29. The van der Waals surface area contributed by atoms with Crippen molar-refractivity contribution in [3.63, 3.8) is 0 Å². The Morgan fingerprint density at radius 1 is 1.18 bits per heavy atom. The Morgan fingerprint density at radius 2 is 1.86 bits per heavy atom. The number of nitrogens with one attached hydrogen (secondary N) is 1. The molecule has 152 valence electrons. The molecule has 2 rings (SSSR count). The number of rotatable bonds is 6. The van der Waals surface area contributed by atoms with E-state index in [0.29, 0.717) is 0 Å². The molecule has 0 saturated heterocycles. The van der Waals surface area contributed by atoms with Gasteiger partial charge in [-0.2, -0.15) is 13.2 Å². The third-order valence-corrected chi connectivity index (χ3v) is 5.27. The summed E-state index contributed by atoms with van der Waals surface area (Å²) in [6, 6.07) is 5.35. The van der Waals surface area contributed by atoms with E-state index in [1.807, 2.05) is 0 Å². The molecule has 0 amide bonds. The quantitative estimate of drug-likeness (QED) is 0.557. The first-order chi connectivity index (χ1) is 13.0. The number of ether oxygens (including phenoxy) is 1. The van der Waals surface area contributed by atoms with Crippen molar-refractivity contribution in [3.8, 4) is 0 Å². The standard InChI is InChI=1S/C18H16F5NO3S/c1-10-5-14(20)15(7-16(10)28(26)9-18(21,22)23)24-8-11-3-4-12(19)6-13(11)17(25)27-2/h3-7,24H,8-9H2,1-2H3. The van der Waals surface area contributed by atoms with Crippen LogP contribution >= 0.6 is 0 Å². The Kier molecular flexibility index (Phi) is 6.76. The molecule has 0 saturated carbocycles. The Hall–Kier alpha value is -2.49. The highest BCUT2D eigenvalue weighted by molar-refractivity contribution is 7.85. The number of benzene rings is 2. The number of aryl methyl sites for hydroxylation is 1. The van der Waals surface area contributed by atoms with Crippen LogP contribution in [0.15, 0.2) is 35.2 Å². The number of carbonyl (C=O) groups is 1. The van der Waals surface area contributed by atoms with Crippen LogP contribution in [0.25, 0.3) is 0 Å². The van der Waals surface area contributed by atoms with E-state index in [0.717, 1.165) is 31.4 Å². The lowest BCUT2D eigenvalue weighted by Crippen LogP contribution is -2.19. The SMILES string of the molecule is COC(=O)c1cc(F)ccc1CNc1cc(S(=O)CC(F)(F)F)c(C)cc1F. The minimum absolute atomic E-state index is 0.0802. The molecule has 28 heavy (non-hydrogen) atoms. The van der Waals surface area contributed by atoms with Gasteiger partial charge in [0.15, 0.2) is 0 Å². The normalized spacial score (nSPS) is 12.5. The van der Waals surface area contributed by atoms with Gasteiger partial charge in [-0.3, -0.25) is 4.21 Å². The number of halogens is 5. The first-order valence-electron chi connectivity index (χ1n) is 7.87. The van der Waals surface area contributed by atoms with Crippen LogP contribution in [0.5, 0.6) is 0 Å². The van der Waals surface area contributed by atoms with Gasteiger partial charge in [-0.1, -0.05) is 6.07 Å². The number of anilines is 1. The summed E-state index contributed by atoms with van der Waals surface area (Å²) in [5.41, 5.74) is 0.119. The fraction of sp³-hybridized carbons (Fsp3) is 0.278. The molecule has 0 fully saturated rings. The molecule has 1 N–H and O–H groups in total. The molecule has 0 aliphatic carbocycles. The fourth-order valence-electron chi connectivity index (χ4n) is 2.45. The van der Waals surface area contributed by atoms with Crippen LogP contribution in [0.3, 0.4) is 0 Å². The van der Waals surface area contributed by atoms with Gasteiger partial charge >= 0.3 is 12.1 Å². The molecular formula is C18H16F5NO3S. The lowest BCUT2D eigenvalue weighted by Gasteiger charge is -2.14. The Labute approximate surface area is 160 Å². The fourth-order valence-corrected chi connectivity index (χ4v) is 3.57. The number of hydrogen-bond donors (Lipinski definition) is 1. The van der Waals surface area contributed by atoms with E-state index in [4.69, 9.17) is 0 Å². The summed E-state index contributed by atoms with van der Waals surface area (Å²) >= 11 is 0. The molecule has 2 aromatic rings. The average Bonchev–Trinajstić information content (AvgIpc) is 2.59. The lowest BCUT2D eigenvalue weighted by molar-refractivity contribution is -0.105. The Bertz CT molecular complexity index is 915. The zero-order chi connectivity index (χ0) is 21.1. The van der Waals surface area contributed by atoms with E-state index in [1.54, 1.807) is 0 Å². The molecular weight excluding hydrogens is 405 g/mol. The monoisotopic (exact) mass is 421 g/mol. The number of methoxy groups -OCH3 is 1. The maximum Gasteiger partial charge on any atom is 0.400 e. The molecule has 0 spiro atoms. The van der Waals surface area contributed by atoms with Crippen molar-refractivity contribution in [2.45, 2.75) is 24.5 Å². The van der Waals surface area contributed by atoms with Gasteiger partial charge in [0.1, 0.15) is 17.4 Å². The molecule has 2 aromatic carbocycles. The first kappa shape index (κ1) is 21.8. The van der Waals surface area contributed by atoms with Crippen LogP contribution in [-0.4, -0.2) is 29.2 Å². The average molecular weight is 421 g/mol. The van der Waals surface area contributed by atoms with Crippen LogP contribution in [-0.2, 0) is 22.1 Å². The van der Waals surface area contributed by atoms with Gasteiger partial charge in [-0.05, 0) is 42.3 Å². The van der Waals surface area contributed by atoms with Gasteiger partial charge in [0.25, 0.3) is 0 Å². The zero-order valence-corrected chi connectivity index (χ0v) is 15.6. The maximum absolute atomic E-state index is 14.2. The highest BCUT2D eigenvalue weighted by Crippen LogP contribution is 2.27. The largest absolute Gasteiger partial charge is 0.465 e. The predicted molar refractivity (Wildman–Crippen MR) is 93.5 cm³/mol. The van der Waals surface area contributed by atoms with Crippen molar-refractivity contribution in [2.75, 3.05) is 18.2 Å². The van der Waals surface area contributed by atoms with E-state index in [2.05, 4.69) is 10.1 Å². The smallest absolute Gasteiger partial charge is 0.400 e. The minimum Gasteiger partial charge on any atom is -0.465 e. The van der Waals surface area contributed by atoms with Gasteiger partial charge in [-0.15, -0.1) is 0 Å². The van der Waals surface area contributed by atoms with Crippen LogP contribution in [0.2, 0.25) is 0 Å². The summed E-state index contributed by atoms with van der Waals surface area (Å²) < 4.78 is 81.6. The molecule has 0 aliphatic rings. The summed E-state index contributed by atoms with van der Waals surface area (Å²) in [4.78, 5) is 11.6. The number of alkyl halides is 3. The number of esters is 1. The second kappa shape index (κ2) is 8.68. The number of carbonyl (C=O) groups excluding carboxylic acids is 1. The first-order valence-corrected chi connectivity index (χ1v) is 9.19. The molecule has 0 aromatic heterocycles. The van der Waals surface area contributed by atoms with Crippen molar-refractivity contribution in [1.29, 1.82) is 0 Å². The molecule has 1 atom stereocenters. The highest BCUT2D eigenvalue weighted by Gasteiger charge is 2.31. The van der Waals surface area contributed by atoms with E-state index in [1.165, 1.54) is 13.0 Å². The van der Waals surface area contributed by atoms with E-state index < -0.39 is 40.3 Å². The van der Waals surface area contributed by atoms with Crippen LogP contribution in [0, 0.1) is 18.6 Å². The molecule has 0 heterocycles. The Morgan fingerprint density at radius 3 is 2.46 bits per heavy atom. The van der Waals surface area contributed by atoms with Gasteiger partial charge in [0.2, 0.25) is 0 Å². The summed E-state index contributed by atoms with van der Waals surface area (Å²) in [6.45, 7) is 1.21. The van der Waals surface area contributed by atoms with Crippen molar-refractivity contribution >= 4 is 22.5 Å². The predicted octanol–water partition coefficient (Wildman–Crippen LogP) is 4.34. The second-order valence-corrected chi connectivity index (χ2v) is 7.27. The topological polar surface area (TPSA) is 55.4 Å². The second-order valence-electron chi connectivity index (χ2n) is 5.85. The van der Waals surface area contributed by atoms with Crippen LogP contribution < -0.4 is 5.32 Å². The van der Waals surface area contributed by atoms with Crippen LogP contribution in [0.1, 0.15) is 21.5 Å². The van der Waals surface area contributed by atoms with Gasteiger partial charge < -0.3 is 10.1 Å². The molecule has 10 heteroatoms. The molecule has 0 aliphatic heterocycles. The summed E-state index contributed by atoms with van der Waals surface area (Å²) in [5, 5.41) is 2.63. The molecule has 4 nitrogen and oxygen atoms in total. The lowest BCUT2D eigenvalue weighted by atomic mass is 10.1. The van der Waals surface area contributed by atoms with E-state index in [9.17, 15) is 31.0 Å². The molecule has 0 bridgehead atoms. The molecule has 1 unspecified atom stereocenters. The third-order valence-electron chi connectivity index (χ3n) is 3.75. The zero-order valence-electron chi connectivity index (χ0n) is 14.8. The summed E-state index contributed by atoms with van der Waals surface area (Å²) in [6.07, 6.45) is -4.64.